The molecule has 0 saturated carbocycles. The van der Waals surface area contributed by atoms with Crippen LogP contribution in [-0.2, 0) is 11.4 Å². The van der Waals surface area contributed by atoms with Crippen molar-refractivity contribution in [3.63, 3.8) is 0 Å². The molecule has 10 heteroatoms. The molecule has 0 unspecified atom stereocenters. The average Bonchev–Trinajstić information content (AvgIpc) is 2.87. The normalized spacial score (nSPS) is 17.8. The Bertz CT molecular complexity index is 1120. The van der Waals surface area contributed by atoms with E-state index in [0.717, 1.165) is 18.5 Å². The Morgan fingerprint density at radius 3 is 2.78 bits per heavy atom. The molecule has 194 valence electrons. The van der Waals surface area contributed by atoms with Crippen LogP contribution in [0.1, 0.15) is 24.0 Å². The van der Waals surface area contributed by atoms with Gasteiger partial charge in [0.15, 0.2) is 6.10 Å². The maximum absolute atomic E-state index is 14.9. The lowest BCUT2D eigenvalue weighted by atomic mass is 9.97. The van der Waals surface area contributed by atoms with E-state index in [1.807, 2.05) is 0 Å². The first-order chi connectivity index (χ1) is 17.4. The summed E-state index contributed by atoms with van der Waals surface area (Å²) in [6.07, 6.45) is 2.03. The lowest BCUT2D eigenvalue weighted by Gasteiger charge is -2.32. The van der Waals surface area contributed by atoms with Gasteiger partial charge in [0, 0.05) is 25.2 Å². The molecule has 2 heterocycles. The summed E-state index contributed by atoms with van der Waals surface area (Å²) in [5, 5.41) is 9.47. The molecular weight excluding hydrogens is 499 g/mol. The van der Waals surface area contributed by atoms with Crippen molar-refractivity contribution in [2.75, 3.05) is 39.6 Å². The standard InChI is InChI=1S/C26H27ClF3NO5/c27-22-7-16(3-4-24(22)36-20(10-28)11-29)14-34-19-8-23(30)21-6-17(15-35-25(21)9-19)12-31-5-1-2-18(13-31)26(32)33/h3-4,6-9,18,20H,1-2,5,10-15H2,(H,32,33)/t18-/m1/s1. The highest BCUT2D eigenvalue weighted by molar-refractivity contribution is 6.32. The van der Waals surface area contributed by atoms with E-state index in [4.69, 9.17) is 25.8 Å². The van der Waals surface area contributed by atoms with Crippen LogP contribution in [0.2, 0.25) is 5.02 Å². The molecule has 0 aromatic heterocycles. The fourth-order valence-electron chi connectivity index (χ4n) is 4.29. The number of piperidine rings is 1. The Hall–Kier alpha value is -2.91. The highest BCUT2D eigenvalue weighted by Crippen LogP contribution is 2.34. The third-order valence-electron chi connectivity index (χ3n) is 6.15. The number of aliphatic carboxylic acids is 1. The summed E-state index contributed by atoms with van der Waals surface area (Å²) in [5.41, 5.74) is 1.86. The third-order valence-corrected chi connectivity index (χ3v) is 6.44. The second-order valence-corrected chi connectivity index (χ2v) is 9.33. The van der Waals surface area contributed by atoms with E-state index < -0.39 is 31.2 Å². The number of halogens is 4. The van der Waals surface area contributed by atoms with Crippen LogP contribution in [0.5, 0.6) is 17.2 Å². The lowest BCUT2D eigenvalue weighted by Crippen LogP contribution is -2.40. The Balaban J connectivity index is 1.38. The molecule has 1 fully saturated rings. The van der Waals surface area contributed by atoms with Gasteiger partial charge in [-0.25, -0.2) is 13.2 Å². The number of alkyl halides is 2. The van der Waals surface area contributed by atoms with Gasteiger partial charge in [0.2, 0.25) is 0 Å². The number of hydrogen-bond acceptors (Lipinski definition) is 5. The van der Waals surface area contributed by atoms with Crippen LogP contribution in [0.25, 0.3) is 6.08 Å². The number of nitrogens with zero attached hydrogens (tertiary/aromatic N) is 1. The molecule has 0 aliphatic carbocycles. The fourth-order valence-corrected chi connectivity index (χ4v) is 4.54. The van der Waals surface area contributed by atoms with Crippen LogP contribution in [0, 0.1) is 11.7 Å². The van der Waals surface area contributed by atoms with Gasteiger partial charge in [-0.3, -0.25) is 9.69 Å². The summed E-state index contributed by atoms with van der Waals surface area (Å²) < 4.78 is 57.0. The number of rotatable bonds is 10. The maximum Gasteiger partial charge on any atom is 0.307 e. The summed E-state index contributed by atoms with van der Waals surface area (Å²) >= 11 is 6.15. The van der Waals surface area contributed by atoms with Crippen molar-refractivity contribution in [2.45, 2.75) is 25.6 Å². The van der Waals surface area contributed by atoms with Crippen molar-refractivity contribution in [1.82, 2.24) is 4.90 Å². The molecule has 1 saturated heterocycles. The van der Waals surface area contributed by atoms with Crippen molar-refractivity contribution in [3.8, 4) is 17.2 Å². The van der Waals surface area contributed by atoms with Crippen molar-refractivity contribution in [1.29, 1.82) is 0 Å². The Morgan fingerprint density at radius 2 is 2.06 bits per heavy atom. The highest BCUT2D eigenvalue weighted by Gasteiger charge is 2.27. The third kappa shape index (κ3) is 6.44. The first-order valence-corrected chi connectivity index (χ1v) is 12.0. The van der Waals surface area contributed by atoms with E-state index in [9.17, 15) is 23.1 Å². The molecule has 2 aromatic carbocycles. The van der Waals surface area contributed by atoms with E-state index in [2.05, 4.69) is 4.90 Å². The van der Waals surface area contributed by atoms with Gasteiger partial charge in [-0.05, 0) is 48.7 Å². The highest BCUT2D eigenvalue weighted by atomic mass is 35.5. The largest absolute Gasteiger partial charge is 0.489 e. The smallest absolute Gasteiger partial charge is 0.307 e. The molecule has 0 amide bonds. The molecule has 0 radical (unpaired) electrons. The first-order valence-electron chi connectivity index (χ1n) is 11.7. The second-order valence-electron chi connectivity index (χ2n) is 8.92. The molecule has 6 nitrogen and oxygen atoms in total. The van der Waals surface area contributed by atoms with E-state index in [1.165, 1.54) is 12.1 Å². The molecule has 2 aliphatic heterocycles. The van der Waals surface area contributed by atoms with E-state index in [-0.39, 0.29) is 35.7 Å². The number of ether oxygens (including phenoxy) is 3. The molecule has 2 aliphatic rings. The van der Waals surface area contributed by atoms with E-state index in [1.54, 1.807) is 24.3 Å². The van der Waals surface area contributed by atoms with Gasteiger partial charge in [-0.15, -0.1) is 0 Å². The maximum atomic E-state index is 14.9. The van der Waals surface area contributed by atoms with Crippen LogP contribution in [0.3, 0.4) is 0 Å². The van der Waals surface area contributed by atoms with Gasteiger partial charge >= 0.3 is 5.97 Å². The summed E-state index contributed by atoms with van der Waals surface area (Å²) in [6, 6.07) is 7.59. The SMILES string of the molecule is O=C(O)[C@@H]1CCCN(CC2=Cc3c(F)cc(OCc4ccc(OC(CF)CF)c(Cl)c4)cc3OC2)C1. The van der Waals surface area contributed by atoms with Crippen molar-refractivity contribution in [2.24, 2.45) is 5.92 Å². The van der Waals surface area contributed by atoms with Gasteiger partial charge < -0.3 is 19.3 Å². The molecule has 4 rings (SSSR count). The first kappa shape index (κ1) is 26.2. The zero-order chi connectivity index (χ0) is 25.7. The number of fused-ring (bicyclic) bond motifs is 1. The molecule has 2 aromatic rings. The minimum absolute atomic E-state index is 0.0780. The summed E-state index contributed by atoms with van der Waals surface area (Å²) in [5.74, 6) is -0.859. The van der Waals surface area contributed by atoms with Gasteiger partial charge in [0.25, 0.3) is 0 Å². The summed E-state index contributed by atoms with van der Waals surface area (Å²) in [4.78, 5) is 13.4. The zero-order valence-corrected chi connectivity index (χ0v) is 20.3. The lowest BCUT2D eigenvalue weighted by molar-refractivity contribution is -0.143. The van der Waals surface area contributed by atoms with E-state index in [0.29, 0.717) is 36.4 Å². The second kappa shape index (κ2) is 11.9. The van der Waals surface area contributed by atoms with Crippen LogP contribution in [-0.4, -0.2) is 61.7 Å². The van der Waals surface area contributed by atoms with Gasteiger partial charge in [-0.1, -0.05) is 17.7 Å². The molecule has 0 spiro atoms. The summed E-state index contributed by atoms with van der Waals surface area (Å²) in [7, 11) is 0. The van der Waals surface area contributed by atoms with Crippen LogP contribution >= 0.6 is 11.6 Å². The quantitative estimate of drug-likeness (QED) is 0.453. The molecule has 1 atom stereocenters. The Morgan fingerprint density at radius 1 is 1.25 bits per heavy atom. The topological polar surface area (TPSA) is 68.2 Å². The Kier molecular flexibility index (Phi) is 8.64. The average molecular weight is 526 g/mol. The van der Waals surface area contributed by atoms with Crippen LogP contribution in [0.15, 0.2) is 35.9 Å². The summed E-state index contributed by atoms with van der Waals surface area (Å²) in [6.45, 7) is 0.214. The number of benzene rings is 2. The van der Waals surface area contributed by atoms with Crippen LogP contribution in [0.4, 0.5) is 13.2 Å². The number of carboxylic acid groups (broad SMARTS) is 1. The number of hydrogen-bond donors (Lipinski definition) is 1. The molecular formula is C26H27ClF3NO5. The molecule has 1 N–H and O–H groups in total. The van der Waals surface area contributed by atoms with Gasteiger partial charge in [-0.2, -0.15) is 0 Å². The van der Waals surface area contributed by atoms with Gasteiger partial charge in [0.05, 0.1) is 16.5 Å². The fraction of sp³-hybridized carbons (Fsp3) is 0.423. The van der Waals surface area contributed by atoms with E-state index >= 15 is 0 Å². The predicted molar refractivity (Wildman–Crippen MR) is 129 cm³/mol. The number of carboxylic acids is 1. The number of carbonyl (C=O) groups is 1. The van der Waals surface area contributed by atoms with Crippen molar-refractivity contribution >= 4 is 23.6 Å². The minimum atomic E-state index is -1.21. The Labute approximate surface area is 212 Å². The molecule has 0 bridgehead atoms. The number of likely N-dealkylation sites (tertiary alicyclic amines) is 1. The zero-order valence-electron chi connectivity index (χ0n) is 19.5. The van der Waals surface area contributed by atoms with Crippen LogP contribution < -0.4 is 14.2 Å². The minimum Gasteiger partial charge on any atom is -0.489 e. The molecule has 36 heavy (non-hydrogen) atoms. The predicted octanol–water partition coefficient (Wildman–Crippen LogP) is 5.32. The monoisotopic (exact) mass is 525 g/mol. The van der Waals surface area contributed by atoms with Gasteiger partial charge in [0.1, 0.15) is 49.6 Å². The van der Waals surface area contributed by atoms with Crippen molar-refractivity contribution < 1.29 is 37.3 Å². The van der Waals surface area contributed by atoms with Crippen molar-refractivity contribution in [3.05, 3.63) is 57.9 Å².